The van der Waals surface area contributed by atoms with Crippen LogP contribution in [0.4, 0.5) is 4.79 Å². The normalized spacial score (nSPS) is 30.7. The van der Waals surface area contributed by atoms with Gasteiger partial charge in [0.2, 0.25) is 11.8 Å². The zero-order valence-corrected chi connectivity index (χ0v) is 11.6. The molecule has 19 heavy (non-hydrogen) atoms. The largest absolute Gasteiger partial charge is 0.379 e. The fourth-order valence-corrected chi connectivity index (χ4v) is 2.87. The van der Waals surface area contributed by atoms with Crippen LogP contribution >= 0.6 is 0 Å². The Kier molecular flexibility index (Phi) is 3.38. The van der Waals surface area contributed by atoms with E-state index in [2.05, 4.69) is 5.32 Å². The molecule has 2 fully saturated rings. The molecule has 4 amide bonds. The SMILES string of the molecule is CCC1(CC)C(=O)NC(=O)N(C2(C)CCOC2)C1=O. The summed E-state index contributed by atoms with van der Waals surface area (Å²) in [4.78, 5) is 38.0. The monoisotopic (exact) mass is 268 g/mol. The number of carbonyl (C=O) groups excluding carboxylic acids is 3. The number of barbiturate groups is 1. The summed E-state index contributed by atoms with van der Waals surface area (Å²) in [5, 5.41) is 2.33. The molecule has 106 valence electrons. The van der Waals surface area contributed by atoms with Crippen molar-refractivity contribution in [3.05, 3.63) is 0 Å². The maximum atomic E-state index is 12.7. The lowest BCUT2D eigenvalue weighted by Gasteiger charge is -2.44. The molecule has 2 saturated heterocycles. The van der Waals surface area contributed by atoms with Crippen LogP contribution in [0.15, 0.2) is 0 Å². The molecule has 0 spiro atoms. The molecular formula is C13H20N2O4. The third-order valence-corrected chi connectivity index (χ3v) is 4.42. The average Bonchev–Trinajstić information content (AvgIpc) is 2.78. The molecule has 2 aliphatic heterocycles. The Bertz CT molecular complexity index is 422. The summed E-state index contributed by atoms with van der Waals surface area (Å²) in [6.07, 6.45) is 1.37. The Labute approximate surface area is 112 Å². The number of imide groups is 2. The number of urea groups is 1. The van der Waals surface area contributed by atoms with Gasteiger partial charge in [0, 0.05) is 6.61 Å². The van der Waals surface area contributed by atoms with E-state index < -0.39 is 22.9 Å². The third-order valence-electron chi connectivity index (χ3n) is 4.42. The van der Waals surface area contributed by atoms with Crippen molar-refractivity contribution in [3.8, 4) is 0 Å². The number of amides is 4. The first kappa shape index (κ1) is 14.0. The molecule has 1 unspecified atom stereocenters. The Morgan fingerprint density at radius 2 is 1.89 bits per heavy atom. The first-order chi connectivity index (χ1) is 8.91. The van der Waals surface area contributed by atoms with Gasteiger partial charge in [0.25, 0.3) is 0 Å². The van der Waals surface area contributed by atoms with Gasteiger partial charge in [0.1, 0.15) is 5.41 Å². The van der Waals surface area contributed by atoms with Gasteiger partial charge in [-0.15, -0.1) is 0 Å². The standard InChI is InChI=1S/C13H20N2O4/c1-4-13(5-2)9(16)14-11(18)15(10(13)17)12(3)6-7-19-8-12/h4-8H2,1-3H3,(H,14,16,18). The average molecular weight is 268 g/mol. The van der Waals surface area contributed by atoms with Crippen molar-refractivity contribution in [2.45, 2.75) is 45.6 Å². The topological polar surface area (TPSA) is 75.7 Å². The Morgan fingerprint density at radius 3 is 2.37 bits per heavy atom. The maximum absolute atomic E-state index is 12.7. The summed E-state index contributed by atoms with van der Waals surface area (Å²) in [5.41, 5.74) is -1.78. The molecule has 0 bridgehead atoms. The van der Waals surface area contributed by atoms with Gasteiger partial charge in [0.05, 0.1) is 12.1 Å². The van der Waals surface area contributed by atoms with Crippen LogP contribution in [0.1, 0.15) is 40.0 Å². The fourth-order valence-electron chi connectivity index (χ4n) is 2.87. The van der Waals surface area contributed by atoms with Crippen molar-refractivity contribution < 1.29 is 19.1 Å². The van der Waals surface area contributed by atoms with Gasteiger partial charge in [-0.05, 0) is 26.2 Å². The van der Waals surface area contributed by atoms with E-state index in [0.717, 1.165) is 0 Å². The highest BCUT2D eigenvalue weighted by Crippen LogP contribution is 2.37. The molecule has 0 radical (unpaired) electrons. The van der Waals surface area contributed by atoms with Crippen molar-refractivity contribution in [1.82, 2.24) is 10.2 Å². The minimum absolute atomic E-state index is 0.323. The van der Waals surface area contributed by atoms with Crippen molar-refractivity contribution in [1.29, 1.82) is 0 Å². The molecule has 2 rings (SSSR count). The van der Waals surface area contributed by atoms with Gasteiger partial charge in [-0.2, -0.15) is 0 Å². The number of ether oxygens (including phenoxy) is 1. The highest BCUT2D eigenvalue weighted by Gasteiger charge is 2.56. The number of nitrogens with zero attached hydrogens (tertiary/aromatic N) is 1. The number of nitrogens with one attached hydrogen (secondary N) is 1. The molecule has 0 aliphatic carbocycles. The van der Waals surface area contributed by atoms with E-state index in [1.165, 1.54) is 4.90 Å². The summed E-state index contributed by atoms with van der Waals surface area (Å²) >= 11 is 0. The van der Waals surface area contributed by atoms with Crippen molar-refractivity contribution >= 4 is 17.8 Å². The lowest BCUT2D eigenvalue weighted by molar-refractivity contribution is -0.156. The summed E-state index contributed by atoms with van der Waals surface area (Å²) < 4.78 is 5.31. The van der Waals surface area contributed by atoms with E-state index in [0.29, 0.717) is 32.5 Å². The van der Waals surface area contributed by atoms with Crippen LogP contribution in [0.2, 0.25) is 0 Å². The van der Waals surface area contributed by atoms with Crippen LogP contribution in [0.25, 0.3) is 0 Å². The predicted molar refractivity (Wildman–Crippen MR) is 67.2 cm³/mol. The molecular weight excluding hydrogens is 248 g/mol. The molecule has 1 N–H and O–H groups in total. The summed E-state index contributed by atoms with van der Waals surface area (Å²) in [6.45, 7) is 6.25. The number of carbonyl (C=O) groups is 3. The summed E-state index contributed by atoms with van der Waals surface area (Å²) in [7, 11) is 0. The second-order valence-corrected chi connectivity index (χ2v) is 5.49. The van der Waals surface area contributed by atoms with Crippen molar-refractivity contribution in [3.63, 3.8) is 0 Å². The molecule has 6 nitrogen and oxygen atoms in total. The van der Waals surface area contributed by atoms with Crippen LogP contribution in [-0.2, 0) is 14.3 Å². The Hall–Kier alpha value is -1.43. The molecule has 6 heteroatoms. The maximum Gasteiger partial charge on any atom is 0.331 e. The number of rotatable bonds is 3. The molecule has 0 saturated carbocycles. The van der Waals surface area contributed by atoms with Crippen LogP contribution in [0.3, 0.4) is 0 Å². The lowest BCUT2D eigenvalue weighted by atomic mass is 9.77. The van der Waals surface area contributed by atoms with Gasteiger partial charge in [-0.3, -0.25) is 19.8 Å². The van der Waals surface area contributed by atoms with Crippen LogP contribution in [0, 0.1) is 5.41 Å². The van der Waals surface area contributed by atoms with E-state index >= 15 is 0 Å². The smallest absolute Gasteiger partial charge is 0.331 e. The molecule has 0 aromatic rings. The Balaban J connectivity index is 2.41. The zero-order valence-electron chi connectivity index (χ0n) is 11.6. The summed E-state index contributed by atoms with van der Waals surface area (Å²) in [5.74, 6) is -0.870. The fraction of sp³-hybridized carbons (Fsp3) is 0.769. The summed E-state index contributed by atoms with van der Waals surface area (Å²) in [6, 6.07) is -0.625. The quantitative estimate of drug-likeness (QED) is 0.776. The van der Waals surface area contributed by atoms with E-state index in [1.54, 1.807) is 13.8 Å². The predicted octanol–water partition coefficient (Wildman–Crippen LogP) is 1.05. The van der Waals surface area contributed by atoms with Gasteiger partial charge < -0.3 is 4.74 Å². The van der Waals surface area contributed by atoms with Gasteiger partial charge in [-0.25, -0.2) is 4.79 Å². The second-order valence-electron chi connectivity index (χ2n) is 5.49. The molecule has 0 aromatic heterocycles. The zero-order chi connectivity index (χ0) is 14.3. The molecule has 0 aromatic carbocycles. The minimum atomic E-state index is -1.13. The van der Waals surface area contributed by atoms with Gasteiger partial charge in [0.15, 0.2) is 0 Å². The number of hydrogen-bond donors (Lipinski definition) is 1. The first-order valence-electron chi connectivity index (χ1n) is 6.69. The minimum Gasteiger partial charge on any atom is -0.379 e. The third kappa shape index (κ3) is 1.85. The van der Waals surface area contributed by atoms with Gasteiger partial charge >= 0.3 is 6.03 Å². The second kappa shape index (κ2) is 4.59. The molecule has 1 atom stereocenters. The van der Waals surface area contributed by atoms with Crippen molar-refractivity contribution in [2.75, 3.05) is 13.2 Å². The van der Waals surface area contributed by atoms with E-state index in [4.69, 9.17) is 4.74 Å². The highest BCUT2D eigenvalue weighted by atomic mass is 16.5. The first-order valence-corrected chi connectivity index (χ1v) is 6.69. The Morgan fingerprint density at radius 1 is 1.26 bits per heavy atom. The van der Waals surface area contributed by atoms with E-state index in [1.807, 2.05) is 6.92 Å². The van der Waals surface area contributed by atoms with Crippen LogP contribution in [-0.4, -0.2) is 41.5 Å². The van der Waals surface area contributed by atoms with Crippen molar-refractivity contribution in [2.24, 2.45) is 5.41 Å². The molecule has 2 heterocycles. The van der Waals surface area contributed by atoms with Gasteiger partial charge in [-0.1, -0.05) is 13.8 Å². The highest BCUT2D eigenvalue weighted by molar-refractivity contribution is 6.19. The van der Waals surface area contributed by atoms with E-state index in [-0.39, 0.29) is 5.91 Å². The molecule has 2 aliphatic rings. The lowest BCUT2D eigenvalue weighted by Crippen LogP contribution is -2.69. The van der Waals surface area contributed by atoms with E-state index in [9.17, 15) is 14.4 Å². The van der Waals surface area contributed by atoms with Crippen LogP contribution < -0.4 is 5.32 Å². The number of hydrogen-bond acceptors (Lipinski definition) is 4. The van der Waals surface area contributed by atoms with Crippen LogP contribution in [0.5, 0.6) is 0 Å².